The van der Waals surface area contributed by atoms with Crippen LogP contribution in [-0.2, 0) is 11.2 Å². The second kappa shape index (κ2) is 7.50. The molecule has 1 aromatic heterocycles. The summed E-state index contributed by atoms with van der Waals surface area (Å²) < 4.78 is 0. The number of amides is 2. The second-order valence-electron chi connectivity index (χ2n) is 4.56. The van der Waals surface area contributed by atoms with Crippen LogP contribution in [0.15, 0.2) is 0 Å². The first-order chi connectivity index (χ1) is 9.04. The van der Waals surface area contributed by atoms with Crippen molar-refractivity contribution < 1.29 is 9.59 Å². The van der Waals surface area contributed by atoms with Gasteiger partial charge in [-0.15, -0.1) is 5.10 Å². The van der Waals surface area contributed by atoms with Crippen molar-refractivity contribution in [3.63, 3.8) is 0 Å². The Bertz CT molecular complexity index is 428. The van der Waals surface area contributed by atoms with Crippen molar-refractivity contribution in [2.45, 2.75) is 33.6 Å². The minimum atomic E-state index is -0.336. The minimum absolute atomic E-state index is 0.0302. The number of H-pyrrole nitrogens is 1. The summed E-state index contributed by atoms with van der Waals surface area (Å²) in [5.41, 5.74) is 0. The highest BCUT2D eigenvalue weighted by molar-refractivity contribution is 5.90. The quantitative estimate of drug-likeness (QED) is 0.617. The lowest BCUT2D eigenvalue weighted by molar-refractivity contribution is -0.123. The molecular formula is C12H21N5O2. The molecular weight excluding hydrogens is 246 g/mol. The van der Waals surface area contributed by atoms with Crippen LogP contribution in [0, 0.1) is 5.92 Å². The molecule has 0 unspecified atom stereocenters. The largest absolute Gasteiger partial charge is 0.354 e. The summed E-state index contributed by atoms with van der Waals surface area (Å²) in [5, 5.41) is 11.9. The van der Waals surface area contributed by atoms with Gasteiger partial charge in [-0.3, -0.25) is 14.7 Å². The zero-order chi connectivity index (χ0) is 14.3. The molecule has 0 aliphatic heterocycles. The molecule has 0 aliphatic carbocycles. The Kier molecular flexibility index (Phi) is 5.98. The lowest BCUT2D eigenvalue weighted by Gasteiger charge is -2.07. The van der Waals surface area contributed by atoms with E-state index in [1.807, 2.05) is 20.8 Å². The lowest BCUT2D eigenvalue weighted by Crippen LogP contribution is -2.36. The number of rotatable bonds is 7. The first-order valence-corrected chi connectivity index (χ1v) is 6.51. The van der Waals surface area contributed by atoms with Crippen LogP contribution in [0.3, 0.4) is 0 Å². The first-order valence-electron chi connectivity index (χ1n) is 6.51. The molecule has 0 atom stereocenters. The first kappa shape index (κ1) is 15.1. The Morgan fingerprint density at radius 3 is 2.58 bits per heavy atom. The van der Waals surface area contributed by atoms with Crippen molar-refractivity contribution in [2.24, 2.45) is 5.92 Å². The molecule has 1 heterocycles. The Morgan fingerprint density at radius 2 is 1.95 bits per heavy atom. The smallest absolute Gasteiger partial charge is 0.291 e. The van der Waals surface area contributed by atoms with Crippen LogP contribution >= 0.6 is 0 Å². The average molecular weight is 267 g/mol. The molecule has 0 fully saturated rings. The van der Waals surface area contributed by atoms with E-state index in [0.29, 0.717) is 18.9 Å². The molecule has 19 heavy (non-hydrogen) atoms. The van der Waals surface area contributed by atoms with Gasteiger partial charge in [0.15, 0.2) is 0 Å². The number of carbonyl (C=O) groups excluding carboxylic acids is 2. The van der Waals surface area contributed by atoms with Gasteiger partial charge in [-0.2, -0.15) is 0 Å². The Labute approximate surface area is 112 Å². The van der Waals surface area contributed by atoms with E-state index < -0.39 is 0 Å². The predicted octanol–water partition coefficient (Wildman–Crippen LogP) is 0.259. The fourth-order valence-corrected chi connectivity index (χ4v) is 1.39. The van der Waals surface area contributed by atoms with Crippen LogP contribution in [0.25, 0.3) is 0 Å². The maximum absolute atomic E-state index is 11.7. The number of nitrogens with zero attached hydrogens (tertiary/aromatic N) is 2. The van der Waals surface area contributed by atoms with Crippen molar-refractivity contribution in [1.82, 2.24) is 25.8 Å². The number of carbonyl (C=O) groups is 2. The normalized spacial score (nSPS) is 10.5. The van der Waals surface area contributed by atoms with E-state index >= 15 is 0 Å². The van der Waals surface area contributed by atoms with Crippen LogP contribution in [0.4, 0.5) is 0 Å². The molecule has 0 saturated carbocycles. The zero-order valence-electron chi connectivity index (χ0n) is 11.6. The van der Waals surface area contributed by atoms with Gasteiger partial charge in [0.25, 0.3) is 5.91 Å². The Hall–Kier alpha value is -1.92. The van der Waals surface area contributed by atoms with E-state index in [1.54, 1.807) is 0 Å². The third-order valence-electron chi connectivity index (χ3n) is 2.46. The van der Waals surface area contributed by atoms with Crippen LogP contribution in [0.5, 0.6) is 0 Å². The molecule has 0 spiro atoms. The lowest BCUT2D eigenvalue weighted by atomic mass is 10.2. The minimum Gasteiger partial charge on any atom is -0.354 e. The molecule has 7 nitrogen and oxygen atoms in total. The van der Waals surface area contributed by atoms with E-state index in [2.05, 4.69) is 25.8 Å². The highest BCUT2D eigenvalue weighted by Gasteiger charge is 2.11. The van der Waals surface area contributed by atoms with Crippen LogP contribution in [-0.4, -0.2) is 40.1 Å². The number of aryl methyl sites for hydroxylation is 1. The highest BCUT2D eigenvalue weighted by atomic mass is 16.2. The third-order valence-corrected chi connectivity index (χ3v) is 2.46. The SMILES string of the molecule is CCCc1nc(C(=O)NCCNC(=O)C(C)C)n[nH]1. The average Bonchev–Trinajstić information content (AvgIpc) is 2.83. The molecule has 1 aromatic rings. The molecule has 0 aromatic carbocycles. The van der Waals surface area contributed by atoms with Gasteiger partial charge in [-0.05, 0) is 6.42 Å². The van der Waals surface area contributed by atoms with Gasteiger partial charge in [0.2, 0.25) is 11.7 Å². The summed E-state index contributed by atoms with van der Waals surface area (Å²) in [7, 11) is 0. The summed E-state index contributed by atoms with van der Waals surface area (Å²) in [6, 6.07) is 0. The highest BCUT2D eigenvalue weighted by Crippen LogP contribution is 1.96. The number of aromatic amines is 1. The van der Waals surface area contributed by atoms with Gasteiger partial charge in [-0.1, -0.05) is 20.8 Å². The van der Waals surface area contributed by atoms with Crippen molar-refractivity contribution >= 4 is 11.8 Å². The number of aromatic nitrogens is 3. The fourth-order valence-electron chi connectivity index (χ4n) is 1.39. The Balaban J connectivity index is 2.29. The summed E-state index contributed by atoms with van der Waals surface area (Å²) >= 11 is 0. The van der Waals surface area contributed by atoms with Crippen molar-refractivity contribution in [1.29, 1.82) is 0 Å². The van der Waals surface area contributed by atoms with Crippen LogP contribution < -0.4 is 10.6 Å². The molecule has 0 aliphatic rings. The molecule has 0 bridgehead atoms. The zero-order valence-corrected chi connectivity index (χ0v) is 11.6. The van der Waals surface area contributed by atoms with Gasteiger partial charge >= 0.3 is 0 Å². The standard InChI is InChI=1S/C12H21N5O2/c1-4-5-9-15-10(17-16-9)12(19)14-7-6-13-11(18)8(2)3/h8H,4-7H2,1-3H3,(H,13,18)(H,14,19)(H,15,16,17). The van der Waals surface area contributed by atoms with Gasteiger partial charge in [0.1, 0.15) is 5.82 Å². The van der Waals surface area contributed by atoms with E-state index in [0.717, 1.165) is 12.8 Å². The number of nitrogens with one attached hydrogen (secondary N) is 3. The monoisotopic (exact) mass is 267 g/mol. The fraction of sp³-hybridized carbons (Fsp3) is 0.667. The second-order valence-corrected chi connectivity index (χ2v) is 4.56. The van der Waals surface area contributed by atoms with E-state index in [9.17, 15) is 9.59 Å². The maximum Gasteiger partial charge on any atom is 0.291 e. The van der Waals surface area contributed by atoms with Gasteiger partial charge in [0, 0.05) is 25.4 Å². The van der Waals surface area contributed by atoms with Gasteiger partial charge < -0.3 is 10.6 Å². The van der Waals surface area contributed by atoms with Crippen LogP contribution in [0.1, 0.15) is 43.6 Å². The summed E-state index contributed by atoms with van der Waals surface area (Å²) in [6.07, 6.45) is 1.71. The molecule has 0 saturated heterocycles. The molecule has 1 rings (SSSR count). The van der Waals surface area contributed by atoms with E-state index in [1.165, 1.54) is 0 Å². The van der Waals surface area contributed by atoms with Crippen molar-refractivity contribution in [3.8, 4) is 0 Å². The van der Waals surface area contributed by atoms with Crippen LogP contribution in [0.2, 0.25) is 0 Å². The van der Waals surface area contributed by atoms with Gasteiger partial charge in [-0.25, -0.2) is 4.98 Å². The Morgan fingerprint density at radius 1 is 1.26 bits per heavy atom. The van der Waals surface area contributed by atoms with Crippen molar-refractivity contribution in [2.75, 3.05) is 13.1 Å². The molecule has 106 valence electrons. The maximum atomic E-state index is 11.7. The topological polar surface area (TPSA) is 99.8 Å². The summed E-state index contributed by atoms with van der Waals surface area (Å²) in [4.78, 5) is 27.0. The molecule has 2 amide bonds. The van der Waals surface area contributed by atoms with E-state index in [-0.39, 0.29) is 23.6 Å². The molecule has 3 N–H and O–H groups in total. The number of hydrogen-bond acceptors (Lipinski definition) is 4. The van der Waals surface area contributed by atoms with Crippen molar-refractivity contribution in [3.05, 3.63) is 11.6 Å². The predicted molar refractivity (Wildman–Crippen MR) is 70.6 cm³/mol. The molecule has 7 heteroatoms. The molecule has 0 radical (unpaired) electrons. The third kappa shape index (κ3) is 5.07. The number of hydrogen-bond donors (Lipinski definition) is 3. The summed E-state index contributed by atoms with van der Waals surface area (Å²) in [5.74, 6) is 0.425. The van der Waals surface area contributed by atoms with E-state index in [4.69, 9.17) is 0 Å². The van der Waals surface area contributed by atoms with Gasteiger partial charge in [0.05, 0.1) is 0 Å². The summed E-state index contributed by atoms with van der Waals surface area (Å²) in [6.45, 7) is 6.41.